The van der Waals surface area contributed by atoms with E-state index in [1.807, 2.05) is 6.07 Å². The maximum Gasteiger partial charge on any atom is 0.266 e. The van der Waals surface area contributed by atoms with Gasteiger partial charge >= 0.3 is 0 Å². The van der Waals surface area contributed by atoms with Crippen LogP contribution < -0.4 is 0 Å². The summed E-state index contributed by atoms with van der Waals surface area (Å²) in [4.78, 5) is 0. The van der Waals surface area contributed by atoms with Crippen LogP contribution in [0, 0.1) is 11.3 Å². The normalized spacial score (nSPS) is 12.7. The van der Waals surface area contributed by atoms with Crippen LogP contribution in [0.5, 0.6) is 0 Å². The molecule has 0 atom stereocenters. The summed E-state index contributed by atoms with van der Waals surface area (Å²) in [6, 6.07) is 11.3. The van der Waals surface area contributed by atoms with E-state index in [-0.39, 0.29) is 0 Å². The Morgan fingerprint density at radius 1 is 0.739 bits per heavy atom. The van der Waals surface area contributed by atoms with E-state index in [4.69, 9.17) is 51.7 Å². The molecule has 0 bridgehead atoms. The highest BCUT2D eigenvalue weighted by Gasteiger charge is 2.04. The van der Waals surface area contributed by atoms with Crippen LogP contribution in [0.2, 0.25) is 20.1 Å². The first kappa shape index (κ1) is 17.6. The van der Waals surface area contributed by atoms with Crippen molar-refractivity contribution in [2.75, 3.05) is 0 Å². The fourth-order valence-corrected chi connectivity index (χ4v) is 2.00. The Bertz CT molecular complexity index is 752. The minimum atomic E-state index is -1.10. The van der Waals surface area contributed by atoms with Crippen LogP contribution in [0.4, 0.5) is 11.4 Å². The fourth-order valence-electron chi connectivity index (χ4n) is 1.41. The first-order valence-electron chi connectivity index (χ1n) is 6.11. The van der Waals surface area contributed by atoms with Gasteiger partial charge in [0.15, 0.2) is 0 Å². The van der Waals surface area contributed by atoms with E-state index in [0.717, 1.165) is 0 Å². The van der Waals surface area contributed by atoms with Crippen molar-refractivity contribution in [2.45, 2.75) is 6.17 Å². The number of benzene rings is 2. The van der Waals surface area contributed by atoms with E-state index in [9.17, 15) is 0 Å². The number of hydrogen-bond donors (Lipinski definition) is 0. The van der Waals surface area contributed by atoms with Crippen LogP contribution in [-0.2, 0) is 0 Å². The quantitative estimate of drug-likeness (QED) is 0.520. The molecule has 0 spiro atoms. The lowest BCUT2D eigenvalue weighted by molar-refractivity contribution is 0.780. The predicted molar refractivity (Wildman–Crippen MR) is 91.4 cm³/mol. The molecule has 0 amide bonds. The summed E-state index contributed by atoms with van der Waals surface area (Å²) in [5.41, 5.74) is 0.897. The SMILES string of the molecule is N#CC(N=Nc1ccc(Cl)c(Cl)c1)N=Nc1ccc(Cl)c(Cl)c1. The van der Waals surface area contributed by atoms with Gasteiger partial charge in [-0.05, 0) is 36.4 Å². The minimum absolute atomic E-state index is 0.342. The highest BCUT2D eigenvalue weighted by molar-refractivity contribution is 6.42. The molecule has 116 valence electrons. The standard InChI is InChI=1S/C14H7Cl4N5/c15-10-3-1-8(5-12(10)17)20-22-14(7-19)23-21-9-2-4-11(16)13(18)6-9/h1-6,14H. The predicted octanol–water partition coefficient (Wildman–Crippen LogP) is 7.02. The maximum atomic E-state index is 9.03. The number of halogens is 4. The zero-order valence-corrected chi connectivity index (χ0v) is 14.3. The topological polar surface area (TPSA) is 73.2 Å². The lowest BCUT2D eigenvalue weighted by Crippen LogP contribution is -1.92. The molecule has 0 saturated heterocycles. The Kier molecular flexibility index (Phi) is 6.31. The fraction of sp³-hybridized carbons (Fsp3) is 0.0714. The second kappa shape index (κ2) is 8.23. The van der Waals surface area contributed by atoms with Gasteiger partial charge in [0.25, 0.3) is 6.17 Å². The molecule has 0 saturated carbocycles. The molecule has 5 nitrogen and oxygen atoms in total. The highest BCUT2D eigenvalue weighted by atomic mass is 35.5. The maximum absolute atomic E-state index is 9.03. The highest BCUT2D eigenvalue weighted by Crippen LogP contribution is 2.28. The van der Waals surface area contributed by atoms with E-state index in [1.54, 1.807) is 24.3 Å². The largest absolute Gasteiger partial charge is 0.266 e. The molecule has 0 unspecified atom stereocenters. The van der Waals surface area contributed by atoms with Gasteiger partial charge in [0.1, 0.15) is 6.07 Å². The van der Waals surface area contributed by atoms with Crippen molar-refractivity contribution >= 4 is 57.8 Å². The van der Waals surface area contributed by atoms with Crippen molar-refractivity contribution < 1.29 is 0 Å². The van der Waals surface area contributed by atoms with Gasteiger partial charge in [-0.25, -0.2) is 0 Å². The van der Waals surface area contributed by atoms with E-state index in [1.165, 1.54) is 12.1 Å². The molecular weight excluding hydrogens is 380 g/mol. The van der Waals surface area contributed by atoms with E-state index in [0.29, 0.717) is 31.5 Å². The Hall–Kier alpha value is -1.71. The van der Waals surface area contributed by atoms with Crippen LogP contribution >= 0.6 is 46.4 Å². The molecule has 0 aliphatic rings. The van der Waals surface area contributed by atoms with Gasteiger partial charge in [-0.3, -0.25) is 0 Å². The summed E-state index contributed by atoms with van der Waals surface area (Å²) in [5, 5.41) is 25.8. The lowest BCUT2D eigenvalue weighted by Gasteiger charge is -1.98. The molecule has 0 fully saturated rings. The van der Waals surface area contributed by atoms with Crippen LogP contribution in [0.3, 0.4) is 0 Å². The molecule has 2 aromatic rings. The van der Waals surface area contributed by atoms with E-state index < -0.39 is 6.17 Å². The van der Waals surface area contributed by atoms with Gasteiger partial charge in [-0.15, -0.1) is 10.2 Å². The van der Waals surface area contributed by atoms with Crippen LogP contribution in [0.15, 0.2) is 56.9 Å². The zero-order chi connectivity index (χ0) is 16.8. The van der Waals surface area contributed by atoms with Crippen molar-refractivity contribution in [1.29, 1.82) is 5.26 Å². The zero-order valence-electron chi connectivity index (χ0n) is 11.3. The van der Waals surface area contributed by atoms with Crippen molar-refractivity contribution in [3.63, 3.8) is 0 Å². The summed E-state index contributed by atoms with van der Waals surface area (Å²) < 4.78 is 0. The van der Waals surface area contributed by atoms with Gasteiger partial charge < -0.3 is 0 Å². The van der Waals surface area contributed by atoms with Crippen molar-refractivity contribution in [3.05, 3.63) is 56.5 Å². The third-order valence-corrected chi connectivity index (χ3v) is 3.97. The molecular formula is C14H7Cl4N5. The van der Waals surface area contributed by atoms with Gasteiger partial charge in [0, 0.05) is 0 Å². The van der Waals surface area contributed by atoms with Crippen molar-refractivity contribution in [2.24, 2.45) is 20.5 Å². The Balaban J connectivity index is 2.11. The summed E-state index contributed by atoms with van der Waals surface area (Å²) >= 11 is 23.3. The third-order valence-electron chi connectivity index (χ3n) is 2.49. The van der Waals surface area contributed by atoms with Crippen LogP contribution in [-0.4, -0.2) is 6.17 Å². The lowest BCUT2D eigenvalue weighted by atomic mass is 10.3. The summed E-state index contributed by atoms with van der Waals surface area (Å²) in [7, 11) is 0. The summed E-state index contributed by atoms with van der Waals surface area (Å²) in [6.45, 7) is 0. The first-order valence-corrected chi connectivity index (χ1v) is 7.62. The number of nitriles is 1. The Morgan fingerprint density at radius 3 is 1.52 bits per heavy atom. The van der Waals surface area contributed by atoms with Gasteiger partial charge in [0.2, 0.25) is 0 Å². The number of hydrogen-bond acceptors (Lipinski definition) is 5. The number of azo groups is 2. The second-order valence-corrected chi connectivity index (χ2v) is 5.76. The molecule has 2 rings (SSSR count). The molecule has 0 aliphatic carbocycles. The molecule has 0 radical (unpaired) electrons. The minimum Gasteiger partial charge on any atom is -0.194 e. The average Bonchev–Trinajstić information content (AvgIpc) is 2.54. The summed E-state index contributed by atoms with van der Waals surface area (Å²) in [5.74, 6) is 0. The molecule has 0 aliphatic heterocycles. The van der Waals surface area contributed by atoms with Crippen molar-refractivity contribution in [1.82, 2.24) is 0 Å². The average molecular weight is 387 g/mol. The van der Waals surface area contributed by atoms with Gasteiger partial charge in [0.05, 0.1) is 31.5 Å². The Labute approximate surface area is 152 Å². The van der Waals surface area contributed by atoms with Crippen LogP contribution in [0.1, 0.15) is 0 Å². The third kappa shape index (κ3) is 5.15. The Morgan fingerprint density at radius 2 is 1.17 bits per heavy atom. The molecule has 0 N–H and O–H groups in total. The molecule has 2 aromatic carbocycles. The van der Waals surface area contributed by atoms with Gasteiger partial charge in [-0.1, -0.05) is 46.4 Å². The monoisotopic (exact) mass is 385 g/mol. The van der Waals surface area contributed by atoms with E-state index in [2.05, 4.69) is 20.5 Å². The number of rotatable bonds is 4. The molecule has 9 heteroatoms. The molecule has 0 aromatic heterocycles. The molecule has 23 heavy (non-hydrogen) atoms. The first-order chi connectivity index (χ1) is 11.0. The van der Waals surface area contributed by atoms with Crippen molar-refractivity contribution in [3.8, 4) is 6.07 Å². The van der Waals surface area contributed by atoms with Gasteiger partial charge in [-0.2, -0.15) is 15.5 Å². The van der Waals surface area contributed by atoms with E-state index >= 15 is 0 Å². The smallest absolute Gasteiger partial charge is 0.194 e. The summed E-state index contributed by atoms with van der Waals surface area (Å²) in [6.07, 6.45) is -1.10. The van der Waals surface area contributed by atoms with Crippen LogP contribution in [0.25, 0.3) is 0 Å². The molecule has 0 heterocycles. The second-order valence-electron chi connectivity index (χ2n) is 4.13. The number of nitrogens with zero attached hydrogens (tertiary/aromatic N) is 5.